The number of fused-ring (bicyclic) bond motifs is 1. The zero-order chi connectivity index (χ0) is 18.3. The van der Waals surface area contributed by atoms with Crippen LogP contribution in [0.25, 0.3) is 0 Å². The van der Waals surface area contributed by atoms with Crippen molar-refractivity contribution < 1.29 is 9.53 Å². The monoisotopic (exact) mass is 356 g/mol. The van der Waals surface area contributed by atoms with Crippen molar-refractivity contribution in [3.63, 3.8) is 0 Å². The second kappa shape index (κ2) is 6.51. The van der Waals surface area contributed by atoms with Crippen molar-refractivity contribution in [2.45, 2.75) is 32.4 Å². The van der Waals surface area contributed by atoms with Crippen molar-refractivity contribution in [1.29, 1.82) is 0 Å². The number of amides is 2. The minimum absolute atomic E-state index is 0.0511. The molecule has 2 aromatic heterocycles. The van der Waals surface area contributed by atoms with Crippen LogP contribution in [0.4, 0.5) is 16.3 Å². The highest BCUT2D eigenvalue weighted by molar-refractivity contribution is 5.91. The Morgan fingerprint density at radius 1 is 1.31 bits per heavy atom. The van der Waals surface area contributed by atoms with Gasteiger partial charge in [-0.15, -0.1) is 0 Å². The molecular formula is C18H24N6O2. The van der Waals surface area contributed by atoms with E-state index in [0.717, 1.165) is 42.7 Å². The Labute approximate surface area is 152 Å². The second-order valence-electron chi connectivity index (χ2n) is 6.94. The van der Waals surface area contributed by atoms with E-state index in [2.05, 4.69) is 27.2 Å². The Bertz CT molecular complexity index is 825. The van der Waals surface area contributed by atoms with Gasteiger partial charge in [-0.25, -0.2) is 9.78 Å². The van der Waals surface area contributed by atoms with E-state index in [1.807, 2.05) is 24.2 Å². The molecule has 8 heteroatoms. The molecule has 1 saturated heterocycles. The topological polar surface area (TPSA) is 75.5 Å². The highest BCUT2D eigenvalue weighted by Gasteiger charge is 2.33. The minimum atomic E-state index is -0.0511. The van der Waals surface area contributed by atoms with Crippen molar-refractivity contribution in [1.82, 2.24) is 19.7 Å². The number of nitrogens with one attached hydrogen (secondary N) is 1. The molecule has 2 aromatic rings. The summed E-state index contributed by atoms with van der Waals surface area (Å²) in [6.07, 6.45) is 5.58. The first-order chi connectivity index (χ1) is 12.6. The molecule has 0 atom stereocenters. The maximum Gasteiger partial charge on any atom is 0.323 e. The van der Waals surface area contributed by atoms with E-state index in [4.69, 9.17) is 4.74 Å². The summed E-state index contributed by atoms with van der Waals surface area (Å²) in [5, 5.41) is 7.20. The van der Waals surface area contributed by atoms with Gasteiger partial charge in [0.1, 0.15) is 5.69 Å². The molecule has 2 aliphatic heterocycles. The first kappa shape index (κ1) is 16.7. The average Bonchev–Trinajstić information content (AvgIpc) is 3.00. The van der Waals surface area contributed by atoms with Gasteiger partial charge < -0.3 is 14.5 Å². The molecule has 138 valence electrons. The highest BCUT2D eigenvalue weighted by atomic mass is 16.5. The number of ether oxygens (including phenoxy) is 1. The summed E-state index contributed by atoms with van der Waals surface area (Å²) in [6, 6.07) is 2.18. The summed E-state index contributed by atoms with van der Waals surface area (Å²) in [4.78, 5) is 21.1. The van der Waals surface area contributed by atoms with Crippen LogP contribution in [0.5, 0.6) is 5.88 Å². The van der Waals surface area contributed by atoms with Gasteiger partial charge in [0.05, 0.1) is 13.7 Å². The summed E-state index contributed by atoms with van der Waals surface area (Å²) in [5.41, 5.74) is 3.29. The van der Waals surface area contributed by atoms with E-state index in [0.29, 0.717) is 18.2 Å². The Kier molecular flexibility index (Phi) is 4.18. The molecular weight excluding hydrogens is 332 g/mol. The summed E-state index contributed by atoms with van der Waals surface area (Å²) in [6.45, 7) is 4.44. The fourth-order valence-corrected chi connectivity index (χ4v) is 3.94. The minimum Gasteiger partial charge on any atom is -0.480 e. The van der Waals surface area contributed by atoms with Crippen LogP contribution in [0, 0.1) is 6.92 Å². The average molecular weight is 356 g/mol. The molecule has 2 aliphatic rings. The number of aromatic nitrogens is 3. The number of aryl methyl sites for hydroxylation is 2. The molecule has 4 rings (SSSR count). The van der Waals surface area contributed by atoms with E-state index in [1.165, 1.54) is 0 Å². The fourth-order valence-electron chi connectivity index (χ4n) is 3.94. The van der Waals surface area contributed by atoms with Crippen LogP contribution in [0.15, 0.2) is 18.5 Å². The lowest BCUT2D eigenvalue weighted by Crippen LogP contribution is -2.50. The molecule has 2 amide bonds. The molecule has 0 spiro atoms. The molecule has 0 saturated carbocycles. The molecule has 1 N–H and O–H groups in total. The van der Waals surface area contributed by atoms with Crippen LogP contribution >= 0.6 is 0 Å². The van der Waals surface area contributed by atoms with E-state index in [1.54, 1.807) is 18.0 Å². The lowest BCUT2D eigenvalue weighted by molar-refractivity contribution is 0.167. The van der Waals surface area contributed by atoms with Gasteiger partial charge in [0.25, 0.3) is 0 Å². The van der Waals surface area contributed by atoms with Crippen molar-refractivity contribution in [2.75, 3.05) is 30.4 Å². The largest absolute Gasteiger partial charge is 0.480 e. The number of urea groups is 1. The van der Waals surface area contributed by atoms with Crippen LogP contribution < -0.4 is 15.0 Å². The third kappa shape index (κ3) is 2.85. The molecule has 8 nitrogen and oxygen atoms in total. The summed E-state index contributed by atoms with van der Waals surface area (Å²) >= 11 is 0. The smallest absolute Gasteiger partial charge is 0.323 e. The molecule has 0 unspecified atom stereocenters. The first-order valence-corrected chi connectivity index (χ1v) is 8.91. The third-order valence-electron chi connectivity index (χ3n) is 5.24. The van der Waals surface area contributed by atoms with Gasteiger partial charge in [-0.1, -0.05) is 0 Å². The molecule has 1 fully saturated rings. The van der Waals surface area contributed by atoms with E-state index in [-0.39, 0.29) is 12.1 Å². The Morgan fingerprint density at radius 2 is 2.08 bits per heavy atom. The number of methoxy groups -OCH3 is 1. The Balaban J connectivity index is 1.47. The van der Waals surface area contributed by atoms with Gasteiger partial charge in [0.2, 0.25) is 5.88 Å². The van der Waals surface area contributed by atoms with Crippen LogP contribution in [0.2, 0.25) is 0 Å². The van der Waals surface area contributed by atoms with Crippen molar-refractivity contribution in [3.05, 3.63) is 29.6 Å². The molecule has 4 heterocycles. The van der Waals surface area contributed by atoms with Gasteiger partial charge in [0, 0.05) is 44.1 Å². The SMILES string of the molecule is COc1nccc(C)c1N1CCC(N2Cc3cn(C)nc3NC2=O)CC1. The first-order valence-electron chi connectivity index (χ1n) is 8.91. The van der Waals surface area contributed by atoms with E-state index < -0.39 is 0 Å². The number of piperidine rings is 1. The summed E-state index contributed by atoms with van der Waals surface area (Å²) < 4.78 is 7.19. The Morgan fingerprint density at radius 3 is 2.81 bits per heavy atom. The van der Waals surface area contributed by atoms with Crippen molar-refractivity contribution in [2.24, 2.45) is 7.05 Å². The number of carbonyl (C=O) groups is 1. The zero-order valence-electron chi connectivity index (χ0n) is 15.4. The number of carbonyl (C=O) groups excluding carboxylic acids is 1. The molecule has 0 radical (unpaired) electrons. The third-order valence-corrected chi connectivity index (χ3v) is 5.24. The number of hydrogen-bond acceptors (Lipinski definition) is 5. The normalized spacial score (nSPS) is 17.9. The predicted molar refractivity (Wildman–Crippen MR) is 98.5 cm³/mol. The lowest BCUT2D eigenvalue weighted by Gasteiger charge is -2.40. The van der Waals surface area contributed by atoms with Gasteiger partial charge in [-0.05, 0) is 31.4 Å². The Hall–Kier alpha value is -2.77. The highest BCUT2D eigenvalue weighted by Crippen LogP contribution is 2.33. The second-order valence-corrected chi connectivity index (χ2v) is 6.94. The molecule has 0 aliphatic carbocycles. The summed E-state index contributed by atoms with van der Waals surface area (Å²) in [7, 11) is 3.53. The number of pyridine rings is 1. The van der Waals surface area contributed by atoms with Crippen LogP contribution in [-0.4, -0.2) is 51.9 Å². The maximum atomic E-state index is 12.5. The molecule has 0 bridgehead atoms. The summed E-state index contributed by atoms with van der Waals surface area (Å²) in [5.74, 6) is 1.35. The van der Waals surface area contributed by atoms with Crippen molar-refractivity contribution >= 4 is 17.5 Å². The van der Waals surface area contributed by atoms with Gasteiger partial charge >= 0.3 is 6.03 Å². The number of anilines is 2. The van der Waals surface area contributed by atoms with Gasteiger partial charge in [-0.2, -0.15) is 5.10 Å². The van der Waals surface area contributed by atoms with Gasteiger partial charge in [0.15, 0.2) is 5.82 Å². The fraction of sp³-hybridized carbons (Fsp3) is 0.500. The zero-order valence-corrected chi connectivity index (χ0v) is 15.4. The predicted octanol–water partition coefficient (Wildman–Crippen LogP) is 2.15. The number of rotatable bonds is 3. The van der Waals surface area contributed by atoms with Crippen LogP contribution in [0.1, 0.15) is 24.0 Å². The van der Waals surface area contributed by atoms with E-state index in [9.17, 15) is 4.79 Å². The number of hydrogen-bond donors (Lipinski definition) is 1. The quantitative estimate of drug-likeness (QED) is 0.912. The van der Waals surface area contributed by atoms with Crippen molar-refractivity contribution in [3.8, 4) is 5.88 Å². The van der Waals surface area contributed by atoms with Crippen LogP contribution in [-0.2, 0) is 13.6 Å². The van der Waals surface area contributed by atoms with Crippen LogP contribution in [0.3, 0.4) is 0 Å². The number of nitrogens with zero attached hydrogens (tertiary/aromatic N) is 5. The maximum absolute atomic E-state index is 12.5. The lowest BCUT2D eigenvalue weighted by atomic mass is 10.0. The standard InChI is InChI=1S/C18H24N6O2/c1-12-4-7-19-17(26-3)15(12)23-8-5-14(6-9-23)24-11-13-10-22(2)21-16(13)20-18(24)25/h4,7,10,14H,5-6,8-9,11H2,1-3H3,(H,20,21,25). The molecule has 26 heavy (non-hydrogen) atoms. The van der Waals surface area contributed by atoms with Gasteiger partial charge in [-0.3, -0.25) is 10.00 Å². The van der Waals surface area contributed by atoms with E-state index >= 15 is 0 Å². The molecule has 0 aromatic carbocycles.